The summed E-state index contributed by atoms with van der Waals surface area (Å²) in [6, 6.07) is 4.13. The molecule has 0 radical (unpaired) electrons. The zero-order valence-electron chi connectivity index (χ0n) is 6.37. The van der Waals surface area contributed by atoms with E-state index in [9.17, 15) is 0 Å². The van der Waals surface area contributed by atoms with Gasteiger partial charge in [0.25, 0.3) is 0 Å². The lowest BCUT2D eigenvalue weighted by molar-refractivity contribution is 0.500. The SMILES string of the molecule is Cc1ccc(C2SCCS2)o1. The molecule has 0 spiro atoms. The Morgan fingerprint density at radius 1 is 1.36 bits per heavy atom. The monoisotopic (exact) mass is 186 g/mol. The van der Waals surface area contributed by atoms with Crippen LogP contribution < -0.4 is 0 Å². The maximum atomic E-state index is 5.53. The van der Waals surface area contributed by atoms with Crippen LogP contribution in [0.4, 0.5) is 0 Å². The van der Waals surface area contributed by atoms with E-state index >= 15 is 0 Å². The average Bonchev–Trinajstić information content (AvgIpc) is 2.55. The molecule has 0 N–H and O–H groups in total. The zero-order chi connectivity index (χ0) is 7.68. The van der Waals surface area contributed by atoms with E-state index in [-0.39, 0.29) is 0 Å². The first-order valence-electron chi connectivity index (χ1n) is 3.66. The van der Waals surface area contributed by atoms with Gasteiger partial charge in [-0.2, -0.15) is 0 Å². The third-order valence-corrected chi connectivity index (χ3v) is 4.64. The molecular weight excluding hydrogens is 176 g/mol. The third-order valence-electron chi connectivity index (χ3n) is 1.62. The van der Waals surface area contributed by atoms with Crippen LogP contribution in [0.5, 0.6) is 0 Å². The van der Waals surface area contributed by atoms with E-state index in [2.05, 4.69) is 6.07 Å². The highest BCUT2D eigenvalue weighted by Crippen LogP contribution is 2.45. The molecule has 1 aromatic rings. The number of hydrogen-bond donors (Lipinski definition) is 0. The Bertz CT molecular complexity index is 238. The lowest BCUT2D eigenvalue weighted by Gasteiger charge is -2.01. The number of hydrogen-bond acceptors (Lipinski definition) is 3. The zero-order valence-corrected chi connectivity index (χ0v) is 8.00. The molecule has 0 aliphatic carbocycles. The summed E-state index contributed by atoms with van der Waals surface area (Å²) in [6.45, 7) is 1.99. The highest BCUT2D eigenvalue weighted by molar-refractivity contribution is 8.19. The first kappa shape index (κ1) is 7.62. The predicted molar refractivity (Wildman–Crippen MR) is 51.1 cm³/mol. The van der Waals surface area contributed by atoms with Crippen molar-refractivity contribution in [2.75, 3.05) is 11.5 Å². The Morgan fingerprint density at radius 2 is 2.09 bits per heavy atom. The molecule has 2 rings (SSSR count). The summed E-state index contributed by atoms with van der Waals surface area (Å²) in [7, 11) is 0. The van der Waals surface area contributed by atoms with Crippen molar-refractivity contribution in [3.8, 4) is 0 Å². The number of rotatable bonds is 1. The largest absolute Gasteiger partial charge is 0.464 e. The van der Waals surface area contributed by atoms with Crippen LogP contribution in [0.25, 0.3) is 0 Å². The molecule has 2 heterocycles. The molecule has 60 valence electrons. The fourth-order valence-corrected chi connectivity index (χ4v) is 3.84. The summed E-state index contributed by atoms with van der Waals surface area (Å²) >= 11 is 3.96. The van der Waals surface area contributed by atoms with E-state index in [1.165, 1.54) is 11.5 Å². The molecule has 0 unspecified atom stereocenters. The van der Waals surface area contributed by atoms with Gasteiger partial charge in [-0.05, 0) is 19.1 Å². The van der Waals surface area contributed by atoms with Crippen molar-refractivity contribution < 1.29 is 4.42 Å². The Morgan fingerprint density at radius 3 is 2.64 bits per heavy atom. The summed E-state index contributed by atoms with van der Waals surface area (Å²) in [6.07, 6.45) is 0. The van der Waals surface area contributed by atoms with Gasteiger partial charge in [-0.3, -0.25) is 0 Å². The first-order chi connectivity index (χ1) is 5.36. The number of furan rings is 1. The van der Waals surface area contributed by atoms with Crippen LogP contribution in [0.15, 0.2) is 16.5 Å². The van der Waals surface area contributed by atoms with Gasteiger partial charge in [0.05, 0.1) is 0 Å². The topological polar surface area (TPSA) is 13.1 Å². The van der Waals surface area contributed by atoms with Gasteiger partial charge >= 0.3 is 0 Å². The predicted octanol–water partition coefficient (Wildman–Crippen LogP) is 3.07. The van der Waals surface area contributed by atoms with Gasteiger partial charge in [-0.25, -0.2) is 0 Å². The summed E-state index contributed by atoms with van der Waals surface area (Å²) in [5.41, 5.74) is 0. The minimum absolute atomic E-state index is 0.559. The molecule has 0 saturated carbocycles. The molecule has 1 saturated heterocycles. The first-order valence-corrected chi connectivity index (χ1v) is 5.75. The highest BCUT2D eigenvalue weighted by Gasteiger charge is 2.20. The molecule has 1 aliphatic heterocycles. The minimum Gasteiger partial charge on any atom is -0.464 e. The Balaban J connectivity index is 2.15. The van der Waals surface area contributed by atoms with Crippen LogP contribution in [-0.2, 0) is 0 Å². The average molecular weight is 186 g/mol. The molecular formula is C8H10OS2. The van der Waals surface area contributed by atoms with Crippen molar-refractivity contribution in [3.63, 3.8) is 0 Å². The Hall–Kier alpha value is -0.0200. The molecule has 1 aromatic heterocycles. The second-order valence-corrected chi connectivity index (χ2v) is 5.25. The molecule has 0 amide bonds. The lowest BCUT2D eigenvalue weighted by atomic mass is 10.5. The van der Waals surface area contributed by atoms with Crippen molar-refractivity contribution in [2.24, 2.45) is 0 Å². The number of aryl methyl sites for hydroxylation is 1. The lowest BCUT2D eigenvalue weighted by Crippen LogP contribution is -1.77. The van der Waals surface area contributed by atoms with E-state index in [0.717, 1.165) is 11.5 Å². The van der Waals surface area contributed by atoms with Crippen molar-refractivity contribution in [2.45, 2.75) is 11.5 Å². The maximum Gasteiger partial charge on any atom is 0.127 e. The smallest absolute Gasteiger partial charge is 0.127 e. The van der Waals surface area contributed by atoms with Crippen molar-refractivity contribution in [1.29, 1.82) is 0 Å². The van der Waals surface area contributed by atoms with Crippen LogP contribution >= 0.6 is 23.5 Å². The van der Waals surface area contributed by atoms with Crippen LogP contribution in [0.1, 0.15) is 16.1 Å². The normalized spacial score (nSPS) is 19.4. The van der Waals surface area contributed by atoms with Gasteiger partial charge in [0.2, 0.25) is 0 Å². The maximum absolute atomic E-state index is 5.53. The Kier molecular flexibility index (Phi) is 2.18. The fourth-order valence-electron chi connectivity index (χ4n) is 1.10. The van der Waals surface area contributed by atoms with Crippen LogP contribution in [-0.4, -0.2) is 11.5 Å². The standard InChI is InChI=1S/C8H10OS2/c1-6-2-3-7(9-6)8-10-4-5-11-8/h2-3,8H,4-5H2,1H3. The fraction of sp³-hybridized carbons (Fsp3) is 0.500. The molecule has 1 fully saturated rings. The molecule has 0 aromatic carbocycles. The van der Waals surface area contributed by atoms with Gasteiger partial charge < -0.3 is 4.42 Å². The van der Waals surface area contributed by atoms with Gasteiger partial charge in [0.1, 0.15) is 16.1 Å². The third kappa shape index (κ3) is 1.59. The highest BCUT2D eigenvalue weighted by atomic mass is 32.2. The van der Waals surface area contributed by atoms with Gasteiger partial charge in [-0.1, -0.05) is 0 Å². The second kappa shape index (κ2) is 3.15. The second-order valence-electron chi connectivity index (χ2n) is 2.52. The molecule has 0 atom stereocenters. The van der Waals surface area contributed by atoms with Crippen molar-refractivity contribution >= 4 is 23.5 Å². The van der Waals surface area contributed by atoms with Gasteiger partial charge in [0, 0.05) is 11.5 Å². The van der Waals surface area contributed by atoms with E-state index in [1.807, 2.05) is 36.5 Å². The van der Waals surface area contributed by atoms with Crippen LogP contribution in [0.3, 0.4) is 0 Å². The minimum atomic E-state index is 0.559. The van der Waals surface area contributed by atoms with E-state index in [0.29, 0.717) is 4.58 Å². The van der Waals surface area contributed by atoms with Crippen molar-refractivity contribution in [1.82, 2.24) is 0 Å². The quantitative estimate of drug-likeness (QED) is 0.669. The molecule has 11 heavy (non-hydrogen) atoms. The summed E-state index contributed by atoms with van der Waals surface area (Å²) in [5, 5.41) is 0. The number of thioether (sulfide) groups is 2. The van der Waals surface area contributed by atoms with Crippen molar-refractivity contribution in [3.05, 3.63) is 23.7 Å². The Labute approximate surface area is 74.9 Å². The molecule has 1 nitrogen and oxygen atoms in total. The summed E-state index contributed by atoms with van der Waals surface area (Å²) < 4.78 is 6.08. The molecule has 1 aliphatic rings. The van der Waals surface area contributed by atoms with Gasteiger partial charge in [-0.15, -0.1) is 23.5 Å². The van der Waals surface area contributed by atoms with E-state index in [1.54, 1.807) is 0 Å². The molecule has 3 heteroatoms. The van der Waals surface area contributed by atoms with E-state index in [4.69, 9.17) is 4.42 Å². The summed E-state index contributed by atoms with van der Waals surface area (Å²) in [5.74, 6) is 4.67. The summed E-state index contributed by atoms with van der Waals surface area (Å²) in [4.78, 5) is 0. The van der Waals surface area contributed by atoms with Crippen LogP contribution in [0.2, 0.25) is 0 Å². The molecule has 0 bridgehead atoms. The van der Waals surface area contributed by atoms with Gasteiger partial charge in [0.15, 0.2) is 0 Å². The van der Waals surface area contributed by atoms with E-state index < -0.39 is 0 Å². The van der Waals surface area contributed by atoms with Crippen LogP contribution in [0, 0.1) is 6.92 Å².